The molecule has 0 saturated carbocycles. The van der Waals surface area contributed by atoms with Crippen LogP contribution in [0, 0.1) is 0 Å². The number of esters is 2. The summed E-state index contributed by atoms with van der Waals surface area (Å²) in [5.74, 6) is -0.772. The lowest BCUT2D eigenvalue weighted by Crippen LogP contribution is -2.11. The summed E-state index contributed by atoms with van der Waals surface area (Å²) in [6, 6.07) is 0. The molecule has 0 aromatic rings. The van der Waals surface area contributed by atoms with E-state index in [1.165, 1.54) is 0 Å². The molecule has 0 saturated heterocycles. The van der Waals surface area contributed by atoms with E-state index in [9.17, 15) is 9.59 Å². The number of halogens is 1. The maximum absolute atomic E-state index is 10.9. The second kappa shape index (κ2) is 10.2. The maximum Gasteiger partial charge on any atom is 0.313 e. The van der Waals surface area contributed by atoms with Gasteiger partial charge in [-0.15, -0.1) is 0 Å². The van der Waals surface area contributed by atoms with E-state index < -0.39 is 0 Å². The van der Waals surface area contributed by atoms with E-state index >= 15 is 0 Å². The van der Waals surface area contributed by atoms with Crippen molar-refractivity contribution in [2.24, 2.45) is 0 Å². The number of carbonyl (C=O) groups is 2. The van der Waals surface area contributed by atoms with Crippen molar-refractivity contribution in [1.82, 2.24) is 0 Å². The molecule has 0 aliphatic carbocycles. The SMILES string of the molecule is CCCCC(=O)OC(=O)CCCC.F. The second-order valence-corrected chi connectivity index (χ2v) is 3.05. The molecule has 3 nitrogen and oxygen atoms in total. The van der Waals surface area contributed by atoms with Gasteiger partial charge in [0, 0.05) is 12.8 Å². The van der Waals surface area contributed by atoms with Crippen LogP contribution in [0.1, 0.15) is 52.4 Å². The third-order valence-corrected chi connectivity index (χ3v) is 1.70. The Hall–Kier alpha value is -0.930. The first kappa shape index (κ1) is 15.5. The van der Waals surface area contributed by atoms with Gasteiger partial charge in [0.15, 0.2) is 0 Å². The van der Waals surface area contributed by atoms with Crippen LogP contribution in [-0.2, 0) is 14.3 Å². The van der Waals surface area contributed by atoms with E-state index in [1.54, 1.807) is 0 Å². The lowest BCUT2D eigenvalue weighted by Gasteiger charge is -2.00. The van der Waals surface area contributed by atoms with E-state index in [0.29, 0.717) is 12.8 Å². The lowest BCUT2D eigenvalue weighted by molar-refractivity contribution is -0.159. The predicted molar refractivity (Wildman–Crippen MR) is 52.7 cm³/mol. The van der Waals surface area contributed by atoms with Crippen LogP contribution in [0.3, 0.4) is 0 Å². The minimum Gasteiger partial charge on any atom is -0.393 e. The Labute approximate surface area is 84.2 Å². The van der Waals surface area contributed by atoms with Crippen molar-refractivity contribution in [1.29, 1.82) is 0 Å². The molecule has 0 N–H and O–H groups in total. The van der Waals surface area contributed by atoms with Gasteiger partial charge in [0.05, 0.1) is 0 Å². The van der Waals surface area contributed by atoms with Crippen LogP contribution in [-0.4, -0.2) is 11.9 Å². The summed E-state index contributed by atoms with van der Waals surface area (Å²) in [7, 11) is 0. The van der Waals surface area contributed by atoms with Gasteiger partial charge in [0.25, 0.3) is 0 Å². The summed E-state index contributed by atoms with van der Waals surface area (Å²) in [6.07, 6.45) is 4.18. The standard InChI is InChI=1S/C10H18O3.FH/c1-3-5-7-9(11)13-10(12)8-6-4-2;/h3-8H2,1-2H3;1H. The van der Waals surface area contributed by atoms with Crippen LogP contribution in [0.4, 0.5) is 4.70 Å². The molecule has 0 bridgehead atoms. The third-order valence-electron chi connectivity index (χ3n) is 1.70. The molecule has 0 unspecified atom stereocenters. The van der Waals surface area contributed by atoms with Crippen molar-refractivity contribution < 1.29 is 19.0 Å². The van der Waals surface area contributed by atoms with Crippen LogP contribution in [0.15, 0.2) is 0 Å². The van der Waals surface area contributed by atoms with Crippen LogP contribution in [0.5, 0.6) is 0 Å². The smallest absolute Gasteiger partial charge is 0.313 e. The Morgan fingerprint density at radius 3 is 1.57 bits per heavy atom. The fourth-order valence-corrected chi connectivity index (χ4v) is 0.871. The maximum atomic E-state index is 10.9. The molecule has 0 rings (SSSR count). The van der Waals surface area contributed by atoms with Crippen LogP contribution in [0.2, 0.25) is 0 Å². The van der Waals surface area contributed by atoms with Crippen molar-refractivity contribution in [2.75, 3.05) is 0 Å². The molecular weight excluding hydrogens is 187 g/mol. The first-order valence-electron chi connectivity index (χ1n) is 4.94. The highest BCUT2D eigenvalue weighted by molar-refractivity contribution is 5.85. The molecule has 4 heteroatoms. The number of carbonyl (C=O) groups excluding carboxylic acids is 2. The van der Waals surface area contributed by atoms with Crippen LogP contribution < -0.4 is 0 Å². The fourth-order valence-electron chi connectivity index (χ4n) is 0.871. The molecule has 0 aromatic carbocycles. The van der Waals surface area contributed by atoms with E-state index in [2.05, 4.69) is 4.74 Å². The van der Waals surface area contributed by atoms with Gasteiger partial charge in [-0.05, 0) is 12.8 Å². The van der Waals surface area contributed by atoms with Gasteiger partial charge >= 0.3 is 11.9 Å². The van der Waals surface area contributed by atoms with Gasteiger partial charge in [-0.3, -0.25) is 14.3 Å². The van der Waals surface area contributed by atoms with Gasteiger partial charge in [-0.2, -0.15) is 0 Å². The summed E-state index contributed by atoms with van der Waals surface area (Å²) in [4.78, 5) is 21.9. The quantitative estimate of drug-likeness (QED) is 0.495. The highest BCUT2D eigenvalue weighted by Crippen LogP contribution is 2.00. The van der Waals surface area contributed by atoms with Crippen molar-refractivity contribution in [2.45, 2.75) is 52.4 Å². The normalized spacial score (nSPS) is 9.00. The summed E-state index contributed by atoms with van der Waals surface area (Å²) in [5.41, 5.74) is 0. The van der Waals surface area contributed by atoms with Crippen molar-refractivity contribution in [3.63, 3.8) is 0 Å². The second-order valence-electron chi connectivity index (χ2n) is 3.05. The zero-order chi connectivity index (χ0) is 10.1. The molecule has 0 aliphatic heterocycles. The van der Waals surface area contributed by atoms with Crippen molar-refractivity contribution in [3.8, 4) is 0 Å². The highest BCUT2D eigenvalue weighted by atomic mass is 19.0. The summed E-state index contributed by atoms with van der Waals surface area (Å²) >= 11 is 0. The molecule has 0 fully saturated rings. The first-order chi connectivity index (χ1) is 6.20. The number of rotatable bonds is 6. The summed E-state index contributed by atoms with van der Waals surface area (Å²) in [5, 5.41) is 0. The van der Waals surface area contributed by atoms with Crippen molar-refractivity contribution in [3.05, 3.63) is 0 Å². The van der Waals surface area contributed by atoms with Crippen molar-refractivity contribution >= 4 is 11.9 Å². The molecule has 14 heavy (non-hydrogen) atoms. The Balaban J connectivity index is 0. The van der Waals surface area contributed by atoms with Gasteiger partial charge in [-0.1, -0.05) is 26.7 Å². The fraction of sp³-hybridized carbons (Fsp3) is 0.800. The largest absolute Gasteiger partial charge is 0.393 e. The van der Waals surface area contributed by atoms with E-state index in [-0.39, 0.29) is 16.6 Å². The monoisotopic (exact) mass is 206 g/mol. The zero-order valence-electron chi connectivity index (χ0n) is 8.88. The zero-order valence-corrected chi connectivity index (χ0v) is 8.88. The number of ether oxygens (including phenoxy) is 1. The predicted octanol–water partition coefficient (Wildman–Crippen LogP) is 2.59. The Morgan fingerprint density at radius 1 is 0.929 bits per heavy atom. The van der Waals surface area contributed by atoms with E-state index in [1.807, 2.05) is 13.8 Å². The first-order valence-corrected chi connectivity index (χ1v) is 4.94. The molecule has 0 radical (unpaired) electrons. The minimum atomic E-state index is -0.386. The molecule has 0 amide bonds. The van der Waals surface area contributed by atoms with Gasteiger partial charge in [0.1, 0.15) is 0 Å². The molecule has 0 aliphatic rings. The Bertz CT molecular complexity index is 151. The average Bonchev–Trinajstić information content (AvgIpc) is 2.11. The van der Waals surface area contributed by atoms with Crippen LogP contribution in [0.25, 0.3) is 0 Å². The molecule has 0 heterocycles. The molecule has 0 spiro atoms. The highest BCUT2D eigenvalue weighted by Gasteiger charge is 2.08. The number of hydrogen-bond donors (Lipinski definition) is 0. The van der Waals surface area contributed by atoms with Gasteiger partial charge in [0.2, 0.25) is 0 Å². The minimum absolute atomic E-state index is 0. The van der Waals surface area contributed by atoms with E-state index in [4.69, 9.17) is 0 Å². The van der Waals surface area contributed by atoms with Crippen LogP contribution >= 0.6 is 0 Å². The average molecular weight is 206 g/mol. The Kier molecular flexibility index (Phi) is 11.3. The topological polar surface area (TPSA) is 43.4 Å². The Morgan fingerprint density at radius 2 is 1.29 bits per heavy atom. The van der Waals surface area contributed by atoms with Gasteiger partial charge < -0.3 is 4.74 Å². The number of unbranched alkanes of at least 4 members (excludes halogenated alkanes) is 2. The summed E-state index contributed by atoms with van der Waals surface area (Å²) in [6.45, 7) is 3.98. The summed E-state index contributed by atoms with van der Waals surface area (Å²) < 4.78 is 4.58. The third kappa shape index (κ3) is 9.16. The van der Waals surface area contributed by atoms with E-state index in [0.717, 1.165) is 25.7 Å². The number of hydrogen-bond acceptors (Lipinski definition) is 3. The van der Waals surface area contributed by atoms with Gasteiger partial charge in [-0.25, -0.2) is 0 Å². The molecule has 0 aromatic heterocycles. The molecular formula is C10H19FO3. The molecule has 84 valence electrons. The lowest BCUT2D eigenvalue weighted by atomic mass is 10.2. The molecule has 0 atom stereocenters.